The molecule has 1 aliphatic carbocycles. The Morgan fingerprint density at radius 1 is 1.14 bits per heavy atom. The Morgan fingerprint density at radius 2 is 1.77 bits per heavy atom. The van der Waals surface area contributed by atoms with Crippen LogP contribution >= 0.6 is 0 Å². The van der Waals surface area contributed by atoms with Crippen molar-refractivity contribution in [2.45, 2.75) is 65.3 Å². The maximum Gasteiger partial charge on any atom is 0.238 e. The number of anilines is 1. The molecule has 1 saturated carbocycles. The SMILES string of the molecule is CCc1cccc(CC)c1NC(=O)CN[C@H]1CCCC[C@@H]1C. The van der Waals surface area contributed by atoms with Gasteiger partial charge in [-0.3, -0.25) is 4.79 Å². The Labute approximate surface area is 134 Å². The van der Waals surface area contributed by atoms with Gasteiger partial charge in [-0.1, -0.05) is 51.8 Å². The average molecular weight is 302 g/mol. The van der Waals surface area contributed by atoms with Gasteiger partial charge in [-0.15, -0.1) is 0 Å². The largest absolute Gasteiger partial charge is 0.324 e. The number of nitrogens with one attached hydrogen (secondary N) is 2. The van der Waals surface area contributed by atoms with Gasteiger partial charge in [0.25, 0.3) is 0 Å². The zero-order valence-electron chi connectivity index (χ0n) is 14.2. The fraction of sp³-hybridized carbons (Fsp3) is 0.632. The smallest absolute Gasteiger partial charge is 0.238 e. The van der Waals surface area contributed by atoms with E-state index in [1.807, 2.05) is 0 Å². The van der Waals surface area contributed by atoms with Crippen LogP contribution in [0, 0.1) is 5.92 Å². The third kappa shape index (κ3) is 4.33. The van der Waals surface area contributed by atoms with Crippen LogP contribution in [0.2, 0.25) is 0 Å². The predicted molar refractivity (Wildman–Crippen MR) is 93.3 cm³/mol. The van der Waals surface area contributed by atoms with E-state index in [9.17, 15) is 4.79 Å². The van der Waals surface area contributed by atoms with E-state index in [0.29, 0.717) is 18.5 Å². The monoisotopic (exact) mass is 302 g/mol. The minimum Gasteiger partial charge on any atom is -0.324 e. The summed E-state index contributed by atoms with van der Waals surface area (Å²) in [6.45, 7) is 6.96. The maximum atomic E-state index is 12.3. The number of hydrogen-bond donors (Lipinski definition) is 2. The maximum absolute atomic E-state index is 12.3. The van der Waals surface area contributed by atoms with E-state index in [4.69, 9.17) is 0 Å². The van der Waals surface area contributed by atoms with Gasteiger partial charge >= 0.3 is 0 Å². The molecule has 2 atom stereocenters. The van der Waals surface area contributed by atoms with E-state index in [2.05, 4.69) is 49.6 Å². The molecule has 0 aromatic heterocycles. The molecule has 1 fully saturated rings. The number of benzene rings is 1. The summed E-state index contributed by atoms with van der Waals surface area (Å²) in [4.78, 5) is 12.3. The van der Waals surface area contributed by atoms with Crippen LogP contribution in [0.3, 0.4) is 0 Å². The van der Waals surface area contributed by atoms with Gasteiger partial charge in [-0.25, -0.2) is 0 Å². The second-order valence-corrected chi connectivity index (χ2v) is 6.46. The third-order valence-corrected chi connectivity index (χ3v) is 4.90. The van der Waals surface area contributed by atoms with Crippen molar-refractivity contribution in [2.75, 3.05) is 11.9 Å². The highest BCUT2D eigenvalue weighted by Crippen LogP contribution is 2.24. The summed E-state index contributed by atoms with van der Waals surface area (Å²) >= 11 is 0. The average Bonchev–Trinajstić information content (AvgIpc) is 2.54. The van der Waals surface area contributed by atoms with E-state index in [1.54, 1.807) is 0 Å². The Hall–Kier alpha value is -1.35. The van der Waals surface area contributed by atoms with Crippen LogP contribution in [0.25, 0.3) is 0 Å². The van der Waals surface area contributed by atoms with Crippen molar-refractivity contribution in [2.24, 2.45) is 5.92 Å². The highest BCUT2D eigenvalue weighted by atomic mass is 16.1. The lowest BCUT2D eigenvalue weighted by molar-refractivity contribution is -0.115. The van der Waals surface area contributed by atoms with E-state index in [0.717, 1.165) is 18.5 Å². The normalized spacial score (nSPS) is 21.6. The molecule has 122 valence electrons. The molecule has 2 rings (SSSR count). The number of carbonyl (C=O) groups is 1. The van der Waals surface area contributed by atoms with Crippen LogP contribution in [0.1, 0.15) is 57.6 Å². The quantitative estimate of drug-likeness (QED) is 0.836. The van der Waals surface area contributed by atoms with Gasteiger partial charge in [0.05, 0.1) is 6.54 Å². The lowest BCUT2D eigenvalue weighted by atomic mass is 9.86. The van der Waals surface area contributed by atoms with Gasteiger partial charge in [0, 0.05) is 11.7 Å². The molecule has 3 nitrogen and oxygen atoms in total. The number of aryl methyl sites for hydroxylation is 2. The van der Waals surface area contributed by atoms with Gasteiger partial charge in [0.1, 0.15) is 0 Å². The second kappa shape index (κ2) is 8.33. The summed E-state index contributed by atoms with van der Waals surface area (Å²) in [5.41, 5.74) is 3.47. The number of rotatable bonds is 6. The number of amides is 1. The lowest BCUT2D eigenvalue weighted by Crippen LogP contribution is -2.41. The van der Waals surface area contributed by atoms with Crippen molar-refractivity contribution in [1.82, 2.24) is 5.32 Å². The topological polar surface area (TPSA) is 41.1 Å². The van der Waals surface area contributed by atoms with Crippen LogP contribution in [-0.4, -0.2) is 18.5 Å². The molecule has 1 amide bonds. The summed E-state index contributed by atoms with van der Waals surface area (Å²) in [6, 6.07) is 6.78. The Bertz CT molecular complexity index is 476. The molecule has 0 spiro atoms. The molecule has 1 aromatic rings. The summed E-state index contributed by atoms with van der Waals surface area (Å²) < 4.78 is 0. The minimum atomic E-state index is 0.0772. The molecular weight excluding hydrogens is 272 g/mol. The van der Waals surface area contributed by atoms with Crippen molar-refractivity contribution in [3.8, 4) is 0 Å². The van der Waals surface area contributed by atoms with E-state index < -0.39 is 0 Å². The summed E-state index contributed by atoms with van der Waals surface area (Å²) in [7, 11) is 0. The lowest BCUT2D eigenvalue weighted by Gasteiger charge is -2.29. The van der Waals surface area contributed by atoms with Gasteiger partial charge in [-0.05, 0) is 42.7 Å². The molecule has 0 unspecified atom stereocenters. The first-order valence-electron chi connectivity index (χ1n) is 8.79. The Kier molecular flexibility index (Phi) is 6.44. The first-order valence-corrected chi connectivity index (χ1v) is 8.79. The molecule has 22 heavy (non-hydrogen) atoms. The van der Waals surface area contributed by atoms with E-state index >= 15 is 0 Å². The van der Waals surface area contributed by atoms with E-state index in [1.165, 1.54) is 36.8 Å². The fourth-order valence-electron chi connectivity index (χ4n) is 3.43. The molecule has 0 aliphatic heterocycles. The molecule has 3 heteroatoms. The van der Waals surface area contributed by atoms with Crippen molar-refractivity contribution in [3.05, 3.63) is 29.3 Å². The standard InChI is InChI=1S/C19H30N2O/c1-4-15-10-8-11-16(5-2)19(15)21-18(22)13-20-17-12-7-6-9-14(17)3/h8,10-11,14,17,20H,4-7,9,12-13H2,1-3H3,(H,21,22)/t14-,17-/m0/s1. The van der Waals surface area contributed by atoms with Crippen molar-refractivity contribution in [3.63, 3.8) is 0 Å². The van der Waals surface area contributed by atoms with Gasteiger partial charge in [0.2, 0.25) is 5.91 Å². The molecular formula is C19H30N2O. The minimum absolute atomic E-state index is 0.0772. The van der Waals surface area contributed by atoms with Crippen LogP contribution < -0.4 is 10.6 Å². The second-order valence-electron chi connectivity index (χ2n) is 6.46. The molecule has 0 radical (unpaired) electrons. The summed E-state index contributed by atoms with van der Waals surface area (Å²) in [6.07, 6.45) is 6.96. The molecule has 1 aliphatic rings. The molecule has 0 saturated heterocycles. The Balaban J connectivity index is 1.94. The highest BCUT2D eigenvalue weighted by Gasteiger charge is 2.21. The Morgan fingerprint density at radius 3 is 2.36 bits per heavy atom. The van der Waals surface area contributed by atoms with Gasteiger partial charge < -0.3 is 10.6 Å². The van der Waals surface area contributed by atoms with Gasteiger partial charge in [0.15, 0.2) is 0 Å². The van der Waals surface area contributed by atoms with Crippen LogP contribution in [0.15, 0.2) is 18.2 Å². The van der Waals surface area contributed by atoms with Crippen LogP contribution in [0.4, 0.5) is 5.69 Å². The number of hydrogen-bond acceptors (Lipinski definition) is 2. The van der Waals surface area contributed by atoms with Gasteiger partial charge in [-0.2, -0.15) is 0 Å². The summed E-state index contributed by atoms with van der Waals surface area (Å²) in [5, 5.41) is 6.59. The third-order valence-electron chi connectivity index (χ3n) is 4.90. The number of para-hydroxylation sites is 1. The molecule has 0 heterocycles. The number of carbonyl (C=O) groups excluding carboxylic acids is 1. The highest BCUT2D eigenvalue weighted by molar-refractivity contribution is 5.93. The predicted octanol–water partition coefficient (Wildman–Crippen LogP) is 3.92. The zero-order valence-corrected chi connectivity index (χ0v) is 14.2. The molecule has 2 N–H and O–H groups in total. The van der Waals surface area contributed by atoms with Crippen molar-refractivity contribution < 1.29 is 4.79 Å². The molecule has 0 bridgehead atoms. The fourth-order valence-corrected chi connectivity index (χ4v) is 3.43. The van der Waals surface area contributed by atoms with Crippen molar-refractivity contribution >= 4 is 11.6 Å². The first kappa shape index (κ1) is 17.0. The zero-order chi connectivity index (χ0) is 15.9. The van der Waals surface area contributed by atoms with Crippen LogP contribution in [0.5, 0.6) is 0 Å². The first-order chi connectivity index (χ1) is 10.7. The summed E-state index contributed by atoms with van der Waals surface area (Å²) in [5.74, 6) is 0.754. The van der Waals surface area contributed by atoms with Crippen LogP contribution in [-0.2, 0) is 17.6 Å². The van der Waals surface area contributed by atoms with Crippen molar-refractivity contribution in [1.29, 1.82) is 0 Å². The molecule has 1 aromatic carbocycles. The van der Waals surface area contributed by atoms with E-state index in [-0.39, 0.29) is 5.91 Å².